The van der Waals surface area contributed by atoms with E-state index in [9.17, 15) is 4.79 Å². The first-order valence-electron chi connectivity index (χ1n) is 5.75. The van der Waals surface area contributed by atoms with E-state index in [4.69, 9.17) is 4.84 Å². The number of hydrogen-bond donors (Lipinski definition) is 1. The molecule has 0 saturated carbocycles. The van der Waals surface area contributed by atoms with Crippen molar-refractivity contribution in [2.24, 2.45) is 5.92 Å². The van der Waals surface area contributed by atoms with Gasteiger partial charge in [0, 0.05) is 6.08 Å². The predicted molar refractivity (Wildman–Crippen MR) is 69.1 cm³/mol. The quantitative estimate of drug-likeness (QED) is 0.627. The summed E-state index contributed by atoms with van der Waals surface area (Å²) in [4.78, 5) is 16.4. The highest BCUT2D eigenvalue weighted by Crippen LogP contribution is 2.08. The molecule has 0 aliphatic carbocycles. The average Bonchev–Trinajstić information content (AvgIpc) is 2.27. The maximum absolute atomic E-state index is 11.4. The van der Waals surface area contributed by atoms with Crippen LogP contribution in [0.15, 0.2) is 30.3 Å². The third-order valence-corrected chi connectivity index (χ3v) is 2.19. The van der Waals surface area contributed by atoms with E-state index in [0.717, 1.165) is 11.1 Å². The van der Waals surface area contributed by atoms with Gasteiger partial charge in [0.1, 0.15) is 0 Å². The fraction of sp³-hybridized carbons (Fsp3) is 0.357. The molecule has 1 aromatic rings. The summed E-state index contributed by atoms with van der Waals surface area (Å²) in [5.74, 6) is 0.157. The standard InChI is InChI=1S/C14H19NO2/c1-11(2)10-17-15-14(16)9-8-13-7-5-4-6-12(13)3/h4-9,11H,10H2,1-3H3,(H,15,16)/b9-8+. The van der Waals surface area contributed by atoms with Crippen molar-refractivity contribution in [2.75, 3.05) is 6.61 Å². The molecule has 92 valence electrons. The van der Waals surface area contributed by atoms with Crippen LogP contribution in [0.25, 0.3) is 6.08 Å². The molecular formula is C14H19NO2. The van der Waals surface area contributed by atoms with E-state index in [1.165, 1.54) is 6.08 Å². The van der Waals surface area contributed by atoms with Crippen molar-refractivity contribution in [1.82, 2.24) is 5.48 Å². The average molecular weight is 233 g/mol. The zero-order valence-electron chi connectivity index (χ0n) is 10.6. The fourth-order valence-corrected chi connectivity index (χ4v) is 1.25. The van der Waals surface area contributed by atoms with E-state index in [0.29, 0.717) is 12.5 Å². The maximum atomic E-state index is 11.4. The second-order valence-electron chi connectivity index (χ2n) is 4.36. The summed E-state index contributed by atoms with van der Waals surface area (Å²) in [5.41, 5.74) is 4.55. The Hall–Kier alpha value is -1.61. The number of hydroxylamine groups is 1. The lowest BCUT2D eigenvalue weighted by atomic mass is 10.1. The SMILES string of the molecule is Cc1ccccc1/C=C/C(=O)NOCC(C)C. The van der Waals surface area contributed by atoms with Gasteiger partial charge in [0.25, 0.3) is 5.91 Å². The van der Waals surface area contributed by atoms with Crippen molar-refractivity contribution in [2.45, 2.75) is 20.8 Å². The highest BCUT2D eigenvalue weighted by atomic mass is 16.6. The van der Waals surface area contributed by atoms with E-state index in [1.807, 2.05) is 45.0 Å². The number of aryl methyl sites for hydroxylation is 1. The van der Waals surface area contributed by atoms with Crippen molar-refractivity contribution in [3.8, 4) is 0 Å². The van der Waals surface area contributed by atoms with Gasteiger partial charge in [0.2, 0.25) is 0 Å². The molecule has 0 fully saturated rings. The summed E-state index contributed by atoms with van der Waals surface area (Å²) < 4.78 is 0. The predicted octanol–water partition coefficient (Wildman–Crippen LogP) is 2.71. The molecule has 0 heterocycles. The van der Waals surface area contributed by atoms with Gasteiger partial charge in [-0.2, -0.15) is 0 Å². The minimum absolute atomic E-state index is 0.242. The molecule has 0 atom stereocenters. The van der Waals surface area contributed by atoms with Gasteiger partial charge < -0.3 is 0 Å². The van der Waals surface area contributed by atoms with Crippen molar-refractivity contribution < 1.29 is 9.63 Å². The van der Waals surface area contributed by atoms with Gasteiger partial charge in [-0.05, 0) is 30.0 Å². The number of benzene rings is 1. The van der Waals surface area contributed by atoms with Gasteiger partial charge in [0.05, 0.1) is 6.61 Å². The highest BCUT2D eigenvalue weighted by molar-refractivity contribution is 5.91. The lowest BCUT2D eigenvalue weighted by Gasteiger charge is -2.05. The summed E-state index contributed by atoms with van der Waals surface area (Å²) in [5, 5.41) is 0. The second kappa shape index (κ2) is 6.86. The number of carbonyl (C=O) groups is 1. The molecule has 0 bridgehead atoms. The zero-order valence-corrected chi connectivity index (χ0v) is 10.6. The van der Waals surface area contributed by atoms with Crippen LogP contribution in [0.4, 0.5) is 0 Å². The van der Waals surface area contributed by atoms with Crippen LogP contribution < -0.4 is 5.48 Å². The Bertz CT molecular complexity index is 397. The Balaban J connectivity index is 2.43. The first kappa shape index (κ1) is 13.5. The van der Waals surface area contributed by atoms with Crippen molar-refractivity contribution in [3.63, 3.8) is 0 Å². The highest BCUT2D eigenvalue weighted by Gasteiger charge is 1.98. The number of nitrogens with one attached hydrogen (secondary N) is 1. The second-order valence-corrected chi connectivity index (χ2v) is 4.36. The molecule has 17 heavy (non-hydrogen) atoms. The van der Waals surface area contributed by atoms with Gasteiger partial charge in [-0.3, -0.25) is 9.63 Å². The lowest BCUT2D eigenvalue weighted by molar-refractivity contribution is -0.129. The van der Waals surface area contributed by atoms with Gasteiger partial charge in [-0.1, -0.05) is 38.1 Å². The van der Waals surface area contributed by atoms with E-state index in [-0.39, 0.29) is 5.91 Å². The van der Waals surface area contributed by atoms with Gasteiger partial charge in [0.15, 0.2) is 0 Å². The van der Waals surface area contributed by atoms with E-state index >= 15 is 0 Å². The monoisotopic (exact) mass is 233 g/mol. The minimum Gasteiger partial charge on any atom is -0.273 e. The third-order valence-electron chi connectivity index (χ3n) is 2.19. The largest absolute Gasteiger partial charge is 0.273 e. The topological polar surface area (TPSA) is 38.3 Å². The van der Waals surface area contributed by atoms with E-state index in [1.54, 1.807) is 6.08 Å². The summed E-state index contributed by atoms with van der Waals surface area (Å²) in [6.07, 6.45) is 3.26. The summed E-state index contributed by atoms with van der Waals surface area (Å²) in [7, 11) is 0. The Morgan fingerprint density at radius 1 is 1.41 bits per heavy atom. The molecule has 0 radical (unpaired) electrons. The summed E-state index contributed by atoms with van der Waals surface area (Å²) >= 11 is 0. The molecule has 0 aliphatic rings. The molecule has 1 rings (SSSR count). The zero-order chi connectivity index (χ0) is 12.7. The smallest absolute Gasteiger partial charge is 0.267 e. The number of hydrogen-bond acceptors (Lipinski definition) is 2. The molecule has 0 saturated heterocycles. The van der Waals surface area contributed by atoms with Crippen LogP contribution in [0.2, 0.25) is 0 Å². The summed E-state index contributed by atoms with van der Waals surface area (Å²) in [6, 6.07) is 7.89. The van der Waals surface area contributed by atoms with Crippen LogP contribution in [0, 0.1) is 12.8 Å². The first-order valence-corrected chi connectivity index (χ1v) is 5.75. The van der Waals surface area contributed by atoms with Crippen LogP contribution in [0.1, 0.15) is 25.0 Å². The van der Waals surface area contributed by atoms with Gasteiger partial charge in [-0.15, -0.1) is 0 Å². The molecule has 0 aromatic heterocycles. The molecule has 0 spiro atoms. The molecule has 0 aliphatic heterocycles. The Morgan fingerprint density at radius 3 is 2.76 bits per heavy atom. The van der Waals surface area contributed by atoms with Crippen LogP contribution >= 0.6 is 0 Å². The van der Waals surface area contributed by atoms with Crippen molar-refractivity contribution in [3.05, 3.63) is 41.5 Å². The lowest BCUT2D eigenvalue weighted by Crippen LogP contribution is -2.23. The Kier molecular flexibility index (Phi) is 5.43. The molecule has 1 aromatic carbocycles. The van der Waals surface area contributed by atoms with Crippen LogP contribution in [-0.4, -0.2) is 12.5 Å². The normalized spacial score (nSPS) is 11.1. The van der Waals surface area contributed by atoms with Crippen LogP contribution in [0.3, 0.4) is 0 Å². The molecule has 1 N–H and O–H groups in total. The van der Waals surface area contributed by atoms with Gasteiger partial charge >= 0.3 is 0 Å². The Labute approximate surface area is 102 Å². The van der Waals surface area contributed by atoms with Crippen molar-refractivity contribution in [1.29, 1.82) is 0 Å². The number of rotatable bonds is 5. The Morgan fingerprint density at radius 2 is 2.12 bits per heavy atom. The first-order chi connectivity index (χ1) is 8.09. The molecular weight excluding hydrogens is 214 g/mol. The van der Waals surface area contributed by atoms with Crippen molar-refractivity contribution >= 4 is 12.0 Å². The van der Waals surface area contributed by atoms with Gasteiger partial charge in [-0.25, -0.2) is 5.48 Å². The number of amides is 1. The number of carbonyl (C=O) groups excluding carboxylic acids is 1. The molecule has 3 nitrogen and oxygen atoms in total. The third kappa shape index (κ3) is 5.31. The minimum atomic E-state index is -0.242. The molecule has 3 heteroatoms. The fourth-order valence-electron chi connectivity index (χ4n) is 1.25. The van der Waals surface area contributed by atoms with E-state index in [2.05, 4.69) is 5.48 Å². The molecule has 0 unspecified atom stereocenters. The summed E-state index contributed by atoms with van der Waals surface area (Å²) in [6.45, 7) is 6.57. The molecule has 1 amide bonds. The van der Waals surface area contributed by atoms with E-state index < -0.39 is 0 Å². The van der Waals surface area contributed by atoms with Crippen LogP contribution in [-0.2, 0) is 9.63 Å². The maximum Gasteiger partial charge on any atom is 0.267 e. The van der Waals surface area contributed by atoms with Crippen LogP contribution in [0.5, 0.6) is 0 Å².